The number of amides is 1. The summed E-state index contributed by atoms with van der Waals surface area (Å²) >= 11 is 1.26. The first-order valence-corrected chi connectivity index (χ1v) is 5.81. The molecule has 1 rings (SSSR count). The molecule has 0 aliphatic rings. The summed E-state index contributed by atoms with van der Waals surface area (Å²) < 4.78 is 0. The molecule has 0 saturated heterocycles. The zero-order valence-corrected chi connectivity index (χ0v) is 10.0. The molecule has 0 radical (unpaired) electrons. The van der Waals surface area contributed by atoms with Crippen molar-refractivity contribution in [3.8, 4) is 0 Å². The Balaban J connectivity index is 2.53. The van der Waals surface area contributed by atoms with Gasteiger partial charge in [0.2, 0.25) is 10.1 Å². The van der Waals surface area contributed by atoms with Crippen molar-refractivity contribution in [3.05, 3.63) is 5.01 Å². The normalized spacial score (nSPS) is 12.2. The van der Waals surface area contributed by atoms with Gasteiger partial charge in [0.25, 0.3) is 5.91 Å². The molecule has 1 unspecified atom stereocenters. The van der Waals surface area contributed by atoms with Crippen molar-refractivity contribution in [3.63, 3.8) is 0 Å². The Bertz CT molecular complexity index is 326. The van der Waals surface area contributed by atoms with E-state index in [2.05, 4.69) is 27.8 Å². The van der Waals surface area contributed by atoms with Crippen molar-refractivity contribution in [2.24, 2.45) is 0 Å². The number of carbonyl (C=O) groups excluding carboxylic acids is 1. The maximum Gasteiger partial charge on any atom is 0.282 e. The van der Waals surface area contributed by atoms with Gasteiger partial charge in [-0.15, -0.1) is 10.2 Å². The molecule has 0 aliphatic carbocycles. The third-order valence-electron chi connectivity index (χ3n) is 1.93. The lowest BCUT2D eigenvalue weighted by Gasteiger charge is -2.10. The molecule has 1 heterocycles. The van der Waals surface area contributed by atoms with Gasteiger partial charge in [-0.3, -0.25) is 4.79 Å². The Labute approximate surface area is 93.3 Å². The smallest absolute Gasteiger partial charge is 0.282 e. The SMILES string of the molecule is CCCC(C)NC(=O)c1nnc(NC)s1. The van der Waals surface area contributed by atoms with Gasteiger partial charge in [0.1, 0.15) is 0 Å². The highest BCUT2D eigenvalue weighted by atomic mass is 32.1. The third kappa shape index (κ3) is 3.47. The van der Waals surface area contributed by atoms with Crippen molar-refractivity contribution < 1.29 is 4.79 Å². The lowest BCUT2D eigenvalue weighted by Crippen LogP contribution is -2.32. The summed E-state index contributed by atoms with van der Waals surface area (Å²) in [5.41, 5.74) is 0. The molecule has 15 heavy (non-hydrogen) atoms. The Morgan fingerprint density at radius 2 is 2.27 bits per heavy atom. The summed E-state index contributed by atoms with van der Waals surface area (Å²) in [5.74, 6) is -0.144. The maximum absolute atomic E-state index is 11.6. The predicted molar refractivity (Wildman–Crippen MR) is 61.3 cm³/mol. The first-order chi connectivity index (χ1) is 7.17. The van der Waals surface area contributed by atoms with E-state index in [1.54, 1.807) is 7.05 Å². The summed E-state index contributed by atoms with van der Waals surface area (Å²) in [6.07, 6.45) is 2.03. The van der Waals surface area contributed by atoms with Gasteiger partial charge < -0.3 is 10.6 Å². The van der Waals surface area contributed by atoms with Crippen LogP contribution in [0.2, 0.25) is 0 Å². The Morgan fingerprint density at radius 3 is 2.80 bits per heavy atom. The van der Waals surface area contributed by atoms with Crippen molar-refractivity contribution >= 4 is 22.4 Å². The molecule has 1 aromatic rings. The number of rotatable bonds is 5. The second kappa shape index (κ2) is 5.65. The molecule has 0 aromatic carbocycles. The molecular formula is C9H16N4OS. The molecule has 5 nitrogen and oxygen atoms in total. The number of nitrogens with one attached hydrogen (secondary N) is 2. The number of anilines is 1. The van der Waals surface area contributed by atoms with Crippen LogP contribution in [0.3, 0.4) is 0 Å². The van der Waals surface area contributed by atoms with Crippen LogP contribution in [0, 0.1) is 0 Å². The lowest BCUT2D eigenvalue weighted by molar-refractivity contribution is 0.0937. The average molecular weight is 228 g/mol. The van der Waals surface area contributed by atoms with Crippen molar-refractivity contribution in [2.75, 3.05) is 12.4 Å². The van der Waals surface area contributed by atoms with Crippen molar-refractivity contribution in [2.45, 2.75) is 32.7 Å². The van der Waals surface area contributed by atoms with Crippen LogP contribution in [-0.4, -0.2) is 29.2 Å². The highest BCUT2D eigenvalue weighted by Crippen LogP contribution is 2.14. The summed E-state index contributed by atoms with van der Waals surface area (Å²) in [5, 5.41) is 14.4. The van der Waals surface area contributed by atoms with Gasteiger partial charge in [-0.25, -0.2) is 0 Å². The van der Waals surface area contributed by atoms with E-state index in [9.17, 15) is 4.79 Å². The average Bonchev–Trinajstić information content (AvgIpc) is 2.66. The molecule has 0 saturated carbocycles. The zero-order chi connectivity index (χ0) is 11.3. The fourth-order valence-corrected chi connectivity index (χ4v) is 1.81. The quantitative estimate of drug-likeness (QED) is 0.801. The van der Waals surface area contributed by atoms with Crippen LogP contribution in [0.1, 0.15) is 36.5 Å². The Morgan fingerprint density at radius 1 is 1.53 bits per heavy atom. The van der Waals surface area contributed by atoms with E-state index in [0.29, 0.717) is 10.1 Å². The van der Waals surface area contributed by atoms with Crippen LogP contribution < -0.4 is 10.6 Å². The highest BCUT2D eigenvalue weighted by Gasteiger charge is 2.13. The molecule has 0 fully saturated rings. The van der Waals surface area contributed by atoms with E-state index >= 15 is 0 Å². The van der Waals surface area contributed by atoms with Gasteiger partial charge in [0.15, 0.2) is 0 Å². The van der Waals surface area contributed by atoms with E-state index in [4.69, 9.17) is 0 Å². The van der Waals surface area contributed by atoms with Crippen LogP contribution in [0.4, 0.5) is 5.13 Å². The Kier molecular flexibility index (Phi) is 4.48. The molecule has 1 amide bonds. The molecule has 1 aromatic heterocycles. The summed E-state index contributed by atoms with van der Waals surface area (Å²) in [6.45, 7) is 4.08. The van der Waals surface area contributed by atoms with E-state index in [1.165, 1.54) is 11.3 Å². The van der Waals surface area contributed by atoms with Crippen molar-refractivity contribution in [1.82, 2.24) is 15.5 Å². The second-order valence-electron chi connectivity index (χ2n) is 3.33. The number of carbonyl (C=O) groups is 1. The maximum atomic E-state index is 11.6. The van der Waals surface area contributed by atoms with Crippen LogP contribution in [-0.2, 0) is 0 Å². The molecular weight excluding hydrogens is 212 g/mol. The second-order valence-corrected chi connectivity index (χ2v) is 4.30. The minimum Gasteiger partial charge on any atom is -0.363 e. The number of aromatic nitrogens is 2. The molecule has 84 valence electrons. The van der Waals surface area contributed by atoms with Crippen LogP contribution >= 0.6 is 11.3 Å². The number of nitrogens with zero attached hydrogens (tertiary/aromatic N) is 2. The topological polar surface area (TPSA) is 66.9 Å². The number of hydrogen-bond acceptors (Lipinski definition) is 5. The van der Waals surface area contributed by atoms with Gasteiger partial charge in [-0.2, -0.15) is 0 Å². The molecule has 2 N–H and O–H groups in total. The fraction of sp³-hybridized carbons (Fsp3) is 0.667. The lowest BCUT2D eigenvalue weighted by atomic mass is 10.2. The summed E-state index contributed by atoms with van der Waals surface area (Å²) in [4.78, 5) is 11.6. The van der Waals surface area contributed by atoms with Gasteiger partial charge in [0.05, 0.1) is 0 Å². The van der Waals surface area contributed by atoms with Gasteiger partial charge >= 0.3 is 0 Å². The van der Waals surface area contributed by atoms with Gasteiger partial charge in [0, 0.05) is 13.1 Å². The van der Waals surface area contributed by atoms with Gasteiger partial charge in [-0.05, 0) is 13.3 Å². The molecule has 0 spiro atoms. The van der Waals surface area contributed by atoms with Crippen LogP contribution in [0.5, 0.6) is 0 Å². The minimum atomic E-state index is -0.144. The molecule has 0 aliphatic heterocycles. The summed E-state index contributed by atoms with van der Waals surface area (Å²) in [6, 6.07) is 0.185. The molecule has 0 bridgehead atoms. The minimum absolute atomic E-state index is 0.144. The van der Waals surface area contributed by atoms with Gasteiger partial charge in [-0.1, -0.05) is 24.7 Å². The third-order valence-corrected chi connectivity index (χ3v) is 2.87. The largest absolute Gasteiger partial charge is 0.363 e. The number of hydrogen-bond donors (Lipinski definition) is 2. The van der Waals surface area contributed by atoms with Crippen LogP contribution in [0.25, 0.3) is 0 Å². The zero-order valence-electron chi connectivity index (χ0n) is 9.20. The van der Waals surface area contributed by atoms with E-state index in [1.807, 2.05) is 6.92 Å². The van der Waals surface area contributed by atoms with E-state index in [0.717, 1.165) is 12.8 Å². The first-order valence-electron chi connectivity index (χ1n) is 4.99. The monoisotopic (exact) mass is 228 g/mol. The standard InChI is InChI=1S/C9H16N4OS/c1-4-5-6(2)11-7(14)8-12-13-9(10-3)15-8/h6H,4-5H2,1-3H3,(H,10,13)(H,11,14). The fourth-order valence-electron chi connectivity index (χ4n) is 1.21. The van der Waals surface area contributed by atoms with Crippen LogP contribution in [0.15, 0.2) is 0 Å². The summed E-state index contributed by atoms with van der Waals surface area (Å²) in [7, 11) is 1.75. The van der Waals surface area contributed by atoms with E-state index < -0.39 is 0 Å². The predicted octanol–water partition coefficient (Wildman–Crippen LogP) is 1.50. The van der Waals surface area contributed by atoms with Crippen molar-refractivity contribution in [1.29, 1.82) is 0 Å². The van der Waals surface area contributed by atoms with E-state index in [-0.39, 0.29) is 11.9 Å². The highest BCUT2D eigenvalue weighted by molar-refractivity contribution is 7.17. The molecule has 1 atom stereocenters. The Hall–Kier alpha value is -1.17. The first kappa shape index (κ1) is 11.9. The molecule has 6 heteroatoms.